The fourth-order valence-electron chi connectivity index (χ4n) is 2.82. The molecule has 0 aromatic heterocycles. The van der Waals surface area contributed by atoms with Crippen molar-refractivity contribution in [3.05, 3.63) is 0 Å². The molecule has 88 valence electrons. The standard InChI is InChI=1S/C11H21NO2S/c12-7-8-15(13)9-10-3-6-11(14-10)4-1-2-5-11/h10H,1-9,12H2. The summed E-state index contributed by atoms with van der Waals surface area (Å²) >= 11 is 0. The van der Waals surface area contributed by atoms with Crippen LogP contribution in [0.5, 0.6) is 0 Å². The normalized spacial score (nSPS) is 31.1. The van der Waals surface area contributed by atoms with E-state index in [0.29, 0.717) is 18.1 Å². The van der Waals surface area contributed by atoms with Crippen LogP contribution in [-0.4, -0.2) is 34.0 Å². The lowest BCUT2D eigenvalue weighted by Gasteiger charge is -2.23. The van der Waals surface area contributed by atoms with Gasteiger partial charge in [-0.1, -0.05) is 12.8 Å². The minimum atomic E-state index is -0.777. The van der Waals surface area contributed by atoms with Crippen LogP contribution in [0.15, 0.2) is 0 Å². The zero-order valence-corrected chi connectivity index (χ0v) is 10.1. The van der Waals surface area contributed by atoms with E-state index in [9.17, 15) is 4.21 Å². The van der Waals surface area contributed by atoms with Crippen molar-refractivity contribution in [1.29, 1.82) is 0 Å². The highest BCUT2D eigenvalue weighted by atomic mass is 32.2. The molecule has 3 nitrogen and oxygen atoms in total. The lowest BCUT2D eigenvalue weighted by atomic mass is 9.98. The molecule has 2 fully saturated rings. The molecular weight excluding hydrogens is 210 g/mol. The highest BCUT2D eigenvalue weighted by molar-refractivity contribution is 7.85. The number of ether oxygens (including phenoxy) is 1. The molecule has 0 bridgehead atoms. The van der Waals surface area contributed by atoms with E-state index in [1.54, 1.807) is 0 Å². The van der Waals surface area contributed by atoms with Crippen molar-refractivity contribution < 1.29 is 8.95 Å². The number of hydrogen-bond donors (Lipinski definition) is 1. The van der Waals surface area contributed by atoms with Gasteiger partial charge in [0.25, 0.3) is 0 Å². The van der Waals surface area contributed by atoms with Gasteiger partial charge in [-0.3, -0.25) is 4.21 Å². The molecule has 0 aromatic carbocycles. The molecule has 2 N–H and O–H groups in total. The number of hydrogen-bond acceptors (Lipinski definition) is 3. The zero-order chi connectivity index (χ0) is 10.7. The Kier molecular flexibility index (Phi) is 3.80. The molecule has 0 radical (unpaired) electrons. The van der Waals surface area contributed by atoms with Gasteiger partial charge in [0.15, 0.2) is 0 Å². The molecule has 2 aliphatic rings. The zero-order valence-electron chi connectivity index (χ0n) is 9.24. The topological polar surface area (TPSA) is 52.3 Å². The van der Waals surface area contributed by atoms with Gasteiger partial charge < -0.3 is 10.5 Å². The van der Waals surface area contributed by atoms with Crippen molar-refractivity contribution in [2.75, 3.05) is 18.1 Å². The Morgan fingerprint density at radius 1 is 1.33 bits per heavy atom. The molecule has 0 aromatic rings. The Hall–Kier alpha value is 0.0700. The van der Waals surface area contributed by atoms with Crippen LogP contribution in [0.3, 0.4) is 0 Å². The van der Waals surface area contributed by atoms with Gasteiger partial charge in [-0.2, -0.15) is 0 Å². The molecule has 1 saturated carbocycles. The minimum Gasteiger partial charge on any atom is -0.371 e. The van der Waals surface area contributed by atoms with Gasteiger partial charge in [0.1, 0.15) is 0 Å². The maximum Gasteiger partial charge on any atom is 0.0698 e. The third-order valence-corrected chi connectivity index (χ3v) is 5.01. The van der Waals surface area contributed by atoms with Gasteiger partial charge in [0.05, 0.1) is 11.7 Å². The van der Waals surface area contributed by atoms with Crippen LogP contribution in [0.1, 0.15) is 38.5 Å². The van der Waals surface area contributed by atoms with E-state index in [4.69, 9.17) is 10.5 Å². The summed E-state index contributed by atoms with van der Waals surface area (Å²) in [5, 5.41) is 0. The van der Waals surface area contributed by atoms with Crippen LogP contribution in [0, 0.1) is 0 Å². The van der Waals surface area contributed by atoms with Gasteiger partial charge in [-0.25, -0.2) is 0 Å². The lowest BCUT2D eigenvalue weighted by molar-refractivity contribution is -0.0270. The Morgan fingerprint density at radius 2 is 2.07 bits per heavy atom. The van der Waals surface area contributed by atoms with E-state index in [1.807, 2.05) is 0 Å². The first kappa shape index (κ1) is 11.6. The van der Waals surface area contributed by atoms with Crippen molar-refractivity contribution in [3.63, 3.8) is 0 Å². The van der Waals surface area contributed by atoms with Crippen molar-refractivity contribution in [2.24, 2.45) is 5.73 Å². The van der Waals surface area contributed by atoms with E-state index < -0.39 is 10.8 Å². The summed E-state index contributed by atoms with van der Waals surface area (Å²) in [5.74, 6) is 1.31. The predicted octanol–water partition coefficient (Wildman–Crippen LogP) is 1.19. The summed E-state index contributed by atoms with van der Waals surface area (Å²) in [6.07, 6.45) is 7.54. The fourth-order valence-corrected chi connectivity index (χ4v) is 3.90. The lowest BCUT2D eigenvalue weighted by Crippen LogP contribution is -2.28. The summed E-state index contributed by atoms with van der Waals surface area (Å²) in [6, 6.07) is 0. The van der Waals surface area contributed by atoms with Crippen LogP contribution >= 0.6 is 0 Å². The quantitative estimate of drug-likeness (QED) is 0.790. The monoisotopic (exact) mass is 231 g/mol. The highest BCUT2D eigenvalue weighted by Crippen LogP contribution is 2.43. The molecule has 1 spiro atoms. The molecule has 1 saturated heterocycles. The molecule has 1 aliphatic carbocycles. The van der Waals surface area contributed by atoms with Crippen molar-refractivity contribution in [3.8, 4) is 0 Å². The van der Waals surface area contributed by atoms with E-state index in [0.717, 1.165) is 6.42 Å². The smallest absolute Gasteiger partial charge is 0.0698 e. The van der Waals surface area contributed by atoms with Crippen LogP contribution in [0.2, 0.25) is 0 Å². The second-order valence-electron chi connectivity index (χ2n) is 4.77. The van der Waals surface area contributed by atoms with Gasteiger partial charge in [-0.15, -0.1) is 0 Å². The van der Waals surface area contributed by atoms with E-state index >= 15 is 0 Å². The summed E-state index contributed by atoms with van der Waals surface area (Å²) in [4.78, 5) is 0. The Morgan fingerprint density at radius 3 is 2.73 bits per heavy atom. The Labute approximate surface area is 94.2 Å². The summed E-state index contributed by atoms with van der Waals surface area (Å²) in [6.45, 7) is 0.518. The van der Waals surface area contributed by atoms with Crippen LogP contribution in [0.4, 0.5) is 0 Å². The largest absolute Gasteiger partial charge is 0.371 e. The average Bonchev–Trinajstić information content (AvgIpc) is 2.79. The van der Waals surface area contributed by atoms with Crippen LogP contribution in [0.25, 0.3) is 0 Å². The van der Waals surface area contributed by atoms with Gasteiger partial charge in [-0.05, 0) is 25.7 Å². The molecule has 2 atom stereocenters. The first-order chi connectivity index (χ1) is 7.24. The highest BCUT2D eigenvalue weighted by Gasteiger charge is 2.42. The van der Waals surface area contributed by atoms with Gasteiger partial charge in [0.2, 0.25) is 0 Å². The van der Waals surface area contributed by atoms with Gasteiger partial charge >= 0.3 is 0 Å². The van der Waals surface area contributed by atoms with Crippen LogP contribution < -0.4 is 5.73 Å². The molecule has 15 heavy (non-hydrogen) atoms. The Balaban J connectivity index is 1.79. The molecule has 4 heteroatoms. The third kappa shape index (κ3) is 2.80. The maximum absolute atomic E-state index is 11.6. The second-order valence-corrected chi connectivity index (χ2v) is 6.39. The SMILES string of the molecule is NCCS(=O)CC1CCC2(CCCC2)O1. The van der Waals surface area contributed by atoms with Crippen molar-refractivity contribution in [1.82, 2.24) is 0 Å². The molecule has 0 amide bonds. The first-order valence-electron chi connectivity index (χ1n) is 5.97. The molecule has 1 heterocycles. The van der Waals surface area contributed by atoms with Gasteiger partial charge in [0, 0.05) is 28.9 Å². The van der Waals surface area contributed by atoms with Crippen molar-refractivity contribution in [2.45, 2.75) is 50.2 Å². The predicted molar refractivity (Wildman–Crippen MR) is 62.2 cm³/mol. The summed E-state index contributed by atoms with van der Waals surface area (Å²) < 4.78 is 17.6. The van der Waals surface area contributed by atoms with E-state index in [-0.39, 0.29) is 11.7 Å². The third-order valence-electron chi connectivity index (χ3n) is 3.57. The second kappa shape index (κ2) is 4.93. The maximum atomic E-state index is 11.6. The number of nitrogens with two attached hydrogens (primary N) is 1. The summed E-state index contributed by atoms with van der Waals surface area (Å²) in [7, 11) is -0.777. The molecule has 1 aliphatic heterocycles. The molecule has 2 rings (SSSR count). The molecule has 2 unspecified atom stereocenters. The minimum absolute atomic E-state index is 0.178. The fraction of sp³-hybridized carbons (Fsp3) is 1.00. The summed E-state index contributed by atoms with van der Waals surface area (Å²) in [5.41, 5.74) is 5.56. The van der Waals surface area contributed by atoms with E-state index in [1.165, 1.54) is 32.1 Å². The average molecular weight is 231 g/mol. The van der Waals surface area contributed by atoms with E-state index in [2.05, 4.69) is 0 Å². The Bertz CT molecular complexity index is 239. The first-order valence-corrected chi connectivity index (χ1v) is 7.46. The van der Waals surface area contributed by atoms with Crippen molar-refractivity contribution >= 4 is 10.8 Å². The van der Waals surface area contributed by atoms with Crippen LogP contribution in [-0.2, 0) is 15.5 Å². The number of rotatable bonds is 4. The molecular formula is C11H21NO2S.